The first-order valence-corrected chi connectivity index (χ1v) is 6.82. The van der Waals surface area contributed by atoms with Gasteiger partial charge in [0.15, 0.2) is 0 Å². The summed E-state index contributed by atoms with van der Waals surface area (Å²) in [7, 11) is 0. The van der Waals surface area contributed by atoms with Crippen molar-refractivity contribution in [3.8, 4) is 0 Å². The molecule has 2 nitrogen and oxygen atoms in total. The number of nitrogens with one attached hydrogen (secondary N) is 2. The Bertz CT molecular complexity index is 686. The minimum atomic E-state index is -0.180. The second-order valence-electron chi connectivity index (χ2n) is 4.95. The molecule has 0 atom stereocenters. The SMILES string of the molecule is Fc1ccc(CCNCc2ccc3cc[nH]c3c2)cc1. The molecule has 0 aliphatic heterocycles. The Kier molecular flexibility index (Phi) is 3.79. The number of H-pyrrole nitrogens is 1. The predicted octanol–water partition coefficient (Wildman–Crippen LogP) is 3.64. The summed E-state index contributed by atoms with van der Waals surface area (Å²) in [4.78, 5) is 3.22. The second-order valence-corrected chi connectivity index (χ2v) is 4.95. The third-order valence-electron chi connectivity index (χ3n) is 3.45. The number of rotatable bonds is 5. The van der Waals surface area contributed by atoms with Crippen molar-refractivity contribution in [2.45, 2.75) is 13.0 Å². The van der Waals surface area contributed by atoms with E-state index in [0.717, 1.165) is 25.1 Å². The summed E-state index contributed by atoms with van der Waals surface area (Å²) in [6.45, 7) is 1.73. The molecule has 0 aliphatic carbocycles. The fraction of sp³-hybridized carbons (Fsp3) is 0.176. The molecule has 0 unspecified atom stereocenters. The van der Waals surface area contributed by atoms with Crippen molar-refractivity contribution < 1.29 is 4.39 Å². The van der Waals surface area contributed by atoms with Crippen LogP contribution >= 0.6 is 0 Å². The zero-order valence-corrected chi connectivity index (χ0v) is 11.2. The van der Waals surface area contributed by atoms with Gasteiger partial charge in [-0.3, -0.25) is 0 Å². The van der Waals surface area contributed by atoms with Crippen LogP contribution < -0.4 is 5.32 Å². The van der Waals surface area contributed by atoms with Crippen molar-refractivity contribution in [2.24, 2.45) is 0 Å². The summed E-state index contributed by atoms with van der Waals surface area (Å²) < 4.78 is 12.8. The predicted molar refractivity (Wildman–Crippen MR) is 80.1 cm³/mol. The van der Waals surface area contributed by atoms with E-state index in [1.165, 1.54) is 28.6 Å². The van der Waals surface area contributed by atoms with Gasteiger partial charge in [-0.2, -0.15) is 0 Å². The van der Waals surface area contributed by atoms with Crippen LogP contribution in [-0.2, 0) is 13.0 Å². The zero-order chi connectivity index (χ0) is 13.8. The Hall–Kier alpha value is -2.13. The molecule has 0 spiro atoms. The van der Waals surface area contributed by atoms with Crippen LogP contribution in [0, 0.1) is 5.82 Å². The molecule has 20 heavy (non-hydrogen) atoms. The molecular formula is C17H17FN2. The van der Waals surface area contributed by atoms with Gasteiger partial charge in [0.1, 0.15) is 5.82 Å². The Morgan fingerprint density at radius 3 is 2.60 bits per heavy atom. The van der Waals surface area contributed by atoms with Crippen LogP contribution in [0.4, 0.5) is 4.39 Å². The van der Waals surface area contributed by atoms with E-state index < -0.39 is 0 Å². The first-order chi connectivity index (χ1) is 9.81. The molecule has 2 aromatic carbocycles. The second kappa shape index (κ2) is 5.88. The number of benzene rings is 2. The molecule has 1 heterocycles. The van der Waals surface area contributed by atoms with Gasteiger partial charge < -0.3 is 10.3 Å². The Labute approximate surface area is 117 Å². The molecule has 0 fully saturated rings. The highest BCUT2D eigenvalue weighted by Gasteiger charge is 1.98. The lowest BCUT2D eigenvalue weighted by molar-refractivity contribution is 0.626. The third-order valence-corrected chi connectivity index (χ3v) is 3.45. The summed E-state index contributed by atoms with van der Waals surface area (Å²) in [6.07, 6.45) is 2.86. The molecule has 3 heteroatoms. The summed E-state index contributed by atoms with van der Waals surface area (Å²) in [5, 5.41) is 4.65. The maximum Gasteiger partial charge on any atom is 0.123 e. The molecule has 0 saturated heterocycles. The highest BCUT2D eigenvalue weighted by molar-refractivity contribution is 5.79. The number of hydrogen-bond donors (Lipinski definition) is 2. The third kappa shape index (κ3) is 3.06. The number of fused-ring (bicyclic) bond motifs is 1. The van der Waals surface area contributed by atoms with E-state index in [2.05, 4.69) is 34.6 Å². The molecule has 0 bridgehead atoms. The zero-order valence-electron chi connectivity index (χ0n) is 11.2. The maximum absolute atomic E-state index is 12.8. The van der Waals surface area contributed by atoms with Gasteiger partial charge in [-0.05, 0) is 53.7 Å². The molecular weight excluding hydrogens is 251 g/mol. The highest BCUT2D eigenvalue weighted by Crippen LogP contribution is 2.13. The van der Waals surface area contributed by atoms with Crippen LogP contribution in [-0.4, -0.2) is 11.5 Å². The van der Waals surface area contributed by atoms with Crippen molar-refractivity contribution in [3.63, 3.8) is 0 Å². The summed E-state index contributed by atoms with van der Waals surface area (Å²) in [6, 6.07) is 15.2. The van der Waals surface area contributed by atoms with Crippen LogP contribution in [0.1, 0.15) is 11.1 Å². The van der Waals surface area contributed by atoms with Crippen LogP contribution in [0.25, 0.3) is 10.9 Å². The number of aromatic amines is 1. The minimum Gasteiger partial charge on any atom is -0.361 e. The van der Waals surface area contributed by atoms with E-state index in [1.807, 2.05) is 18.3 Å². The number of hydrogen-bond acceptors (Lipinski definition) is 1. The average Bonchev–Trinajstić information content (AvgIpc) is 2.93. The van der Waals surface area contributed by atoms with Gasteiger partial charge in [0.2, 0.25) is 0 Å². The monoisotopic (exact) mass is 268 g/mol. The van der Waals surface area contributed by atoms with Gasteiger partial charge in [0.05, 0.1) is 0 Å². The van der Waals surface area contributed by atoms with Gasteiger partial charge in [0.25, 0.3) is 0 Å². The normalized spacial score (nSPS) is 11.1. The van der Waals surface area contributed by atoms with E-state index in [9.17, 15) is 4.39 Å². The lowest BCUT2D eigenvalue weighted by Crippen LogP contribution is -2.16. The van der Waals surface area contributed by atoms with Crippen LogP contribution in [0.5, 0.6) is 0 Å². The van der Waals surface area contributed by atoms with Gasteiger partial charge in [-0.25, -0.2) is 4.39 Å². The van der Waals surface area contributed by atoms with Crippen molar-refractivity contribution in [2.75, 3.05) is 6.54 Å². The minimum absolute atomic E-state index is 0.180. The molecule has 0 amide bonds. The quantitative estimate of drug-likeness (QED) is 0.679. The van der Waals surface area contributed by atoms with Gasteiger partial charge >= 0.3 is 0 Å². The largest absolute Gasteiger partial charge is 0.361 e. The Morgan fingerprint density at radius 2 is 1.75 bits per heavy atom. The first-order valence-electron chi connectivity index (χ1n) is 6.82. The van der Waals surface area contributed by atoms with Crippen LogP contribution in [0.2, 0.25) is 0 Å². The van der Waals surface area contributed by atoms with E-state index >= 15 is 0 Å². The smallest absolute Gasteiger partial charge is 0.123 e. The van der Waals surface area contributed by atoms with Crippen molar-refractivity contribution in [1.29, 1.82) is 0 Å². The fourth-order valence-electron chi connectivity index (χ4n) is 2.32. The molecule has 3 aromatic rings. The van der Waals surface area contributed by atoms with Gasteiger partial charge in [-0.15, -0.1) is 0 Å². The lowest BCUT2D eigenvalue weighted by atomic mass is 10.1. The van der Waals surface area contributed by atoms with Gasteiger partial charge in [0, 0.05) is 18.3 Å². The number of aromatic nitrogens is 1. The van der Waals surface area contributed by atoms with Gasteiger partial charge in [-0.1, -0.05) is 24.3 Å². The summed E-state index contributed by atoms with van der Waals surface area (Å²) in [5.41, 5.74) is 3.58. The fourth-order valence-corrected chi connectivity index (χ4v) is 2.32. The lowest BCUT2D eigenvalue weighted by Gasteiger charge is -2.05. The molecule has 102 valence electrons. The molecule has 0 radical (unpaired) electrons. The molecule has 0 saturated carbocycles. The topological polar surface area (TPSA) is 27.8 Å². The van der Waals surface area contributed by atoms with Crippen LogP contribution in [0.3, 0.4) is 0 Å². The van der Waals surface area contributed by atoms with E-state index in [1.54, 1.807) is 0 Å². The molecule has 2 N–H and O–H groups in total. The Morgan fingerprint density at radius 1 is 0.950 bits per heavy atom. The Balaban J connectivity index is 1.50. The number of halogens is 1. The van der Waals surface area contributed by atoms with Crippen molar-refractivity contribution in [3.05, 3.63) is 71.7 Å². The van der Waals surface area contributed by atoms with Crippen LogP contribution in [0.15, 0.2) is 54.7 Å². The summed E-state index contributed by atoms with van der Waals surface area (Å²) >= 11 is 0. The summed E-state index contributed by atoms with van der Waals surface area (Å²) in [5.74, 6) is -0.180. The first kappa shape index (κ1) is 12.9. The van der Waals surface area contributed by atoms with Crippen molar-refractivity contribution in [1.82, 2.24) is 10.3 Å². The van der Waals surface area contributed by atoms with E-state index in [0.29, 0.717) is 0 Å². The van der Waals surface area contributed by atoms with Crippen molar-refractivity contribution >= 4 is 10.9 Å². The average molecular weight is 268 g/mol. The van der Waals surface area contributed by atoms with E-state index in [4.69, 9.17) is 0 Å². The molecule has 3 rings (SSSR count). The molecule has 0 aliphatic rings. The molecule has 1 aromatic heterocycles. The maximum atomic E-state index is 12.8. The highest BCUT2D eigenvalue weighted by atomic mass is 19.1. The van der Waals surface area contributed by atoms with E-state index in [-0.39, 0.29) is 5.82 Å². The standard InChI is InChI=1S/C17H17FN2/c18-16-5-2-13(3-6-16)7-9-19-12-14-1-4-15-8-10-20-17(15)11-14/h1-6,8,10-11,19-20H,7,9,12H2.